The van der Waals surface area contributed by atoms with Crippen molar-refractivity contribution in [1.29, 1.82) is 0 Å². The Morgan fingerprint density at radius 2 is 1.57 bits per heavy atom. The first-order valence-corrected chi connectivity index (χ1v) is 19.9. The molecule has 286 valence electrons. The summed E-state index contributed by atoms with van der Waals surface area (Å²) in [5.41, 5.74) is 5.70. The van der Waals surface area contributed by atoms with E-state index < -0.39 is 11.2 Å². The van der Waals surface area contributed by atoms with E-state index in [9.17, 15) is 4.79 Å². The van der Waals surface area contributed by atoms with Gasteiger partial charge in [-0.25, -0.2) is 14.9 Å². The molecule has 4 aromatic rings. The molecular weight excluding hydrogens is 663 g/mol. The van der Waals surface area contributed by atoms with Crippen LogP contribution in [-0.4, -0.2) is 52.5 Å². The average Bonchev–Trinajstić information content (AvgIpc) is 3.67. The predicted octanol–water partition coefficient (Wildman–Crippen LogP) is 10.0. The number of fused-ring (bicyclic) bond motifs is 4. The fourth-order valence-electron chi connectivity index (χ4n) is 8.66. The number of hydrogen-bond donors (Lipinski definition) is 1. The van der Waals surface area contributed by atoms with Crippen LogP contribution in [0.4, 0.5) is 0 Å². The number of esters is 1. The van der Waals surface area contributed by atoms with E-state index in [1.807, 2.05) is 58.9 Å². The van der Waals surface area contributed by atoms with E-state index in [-0.39, 0.29) is 24.1 Å². The van der Waals surface area contributed by atoms with Crippen LogP contribution in [0.5, 0.6) is 0 Å². The normalized spacial score (nSPS) is 25.9. The second kappa shape index (κ2) is 17.5. The Balaban J connectivity index is 0.000000618. The van der Waals surface area contributed by atoms with Crippen molar-refractivity contribution >= 4 is 41.6 Å². The summed E-state index contributed by atoms with van der Waals surface area (Å²) in [6.45, 7) is 17.4. The van der Waals surface area contributed by atoms with Gasteiger partial charge in [-0.05, 0) is 134 Å². The minimum absolute atomic E-state index is 0.0644. The second-order valence-corrected chi connectivity index (χ2v) is 17.1. The summed E-state index contributed by atoms with van der Waals surface area (Å²) >= 11 is 0. The summed E-state index contributed by atoms with van der Waals surface area (Å²) in [6, 6.07) is 17.0. The minimum atomic E-state index is -0.431. The van der Waals surface area contributed by atoms with Gasteiger partial charge in [0, 0.05) is 23.6 Å². The SMILES string of the molecule is CC.CC(C)(C)OO.[B]c1nc(C2C[C@@H](OC3CCc4ccccc4C3C3CCC(CC(=O)OC(C)(C)C)CC3)C[C@H]2C)c2oc3ccccc3c2n1. The van der Waals surface area contributed by atoms with E-state index in [2.05, 4.69) is 41.1 Å². The van der Waals surface area contributed by atoms with Gasteiger partial charge < -0.3 is 13.9 Å². The molecule has 0 amide bonds. The van der Waals surface area contributed by atoms with Gasteiger partial charge in [0.15, 0.2) is 13.4 Å². The molecule has 2 saturated carbocycles. The summed E-state index contributed by atoms with van der Waals surface area (Å²) in [5.74, 6) is 1.85. The number of furan rings is 1. The van der Waals surface area contributed by atoms with Gasteiger partial charge in [0.25, 0.3) is 0 Å². The lowest BCUT2D eigenvalue weighted by molar-refractivity contribution is -0.306. The highest BCUT2D eigenvalue weighted by Gasteiger charge is 2.42. The Morgan fingerprint density at radius 3 is 2.25 bits per heavy atom. The van der Waals surface area contributed by atoms with Crippen molar-refractivity contribution in [2.75, 3.05) is 0 Å². The molecule has 1 N–H and O–H groups in total. The minimum Gasteiger partial charge on any atom is -0.460 e. The maximum atomic E-state index is 12.5. The van der Waals surface area contributed by atoms with Crippen LogP contribution < -0.4 is 5.72 Å². The molecule has 53 heavy (non-hydrogen) atoms. The van der Waals surface area contributed by atoms with Gasteiger partial charge in [0.05, 0.1) is 29.2 Å². The molecule has 0 spiro atoms. The number of carbonyl (C=O) groups excluding carboxylic acids is 1. The van der Waals surface area contributed by atoms with Crippen LogP contribution in [-0.2, 0) is 25.6 Å². The lowest BCUT2D eigenvalue weighted by Crippen LogP contribution is -2.37. The Bertz CT molecular complexity index is 1800. The molecule has 2 heterocycles. The third-order valence-corrected chi connectivity index (χ3v) is 10.9. The third-order valence-electron chi connectivity index (χ3n) is 10.9. The first-order chi connectivity index (χ1) is 25.2. The highest BCUT2D eigenvalue weighted by atomic mass is 17.1. The van der Waals surface area contributed by atoms with Gasteiger partial charge >= 0.3 is 5.97 Å². The predicted molar refractivity (Wildman–Crippen MR) is 213 cm³/mol. The molecule has 0 saturated heterocycles. The smallest absolute Gasteiger partial charge is 0.306 e. The number of nitrogens with zero attached hydrogens (tertiary/aromatic N) is 2. The molecule has 2 aromatic heterocycles. The van der Waals surface area contributed by atoms with Crippen LogP contribution in [0, 0.1) is 17.8 Å². The maximum Gasteiger partial charge on any atom is 0.306 e. The van der Waals surface area contributed by atoms with Crippen molar-refractivity contribution in [2.24, 2.45) is 17.8 Å². The molecule has 9 heteroatoms. The van der Waals surface area contributed by atoms with Gasteiger partial charge in [-0.1, -0.05) is 57.2 Å². The molecule has 0 aliphatic heterocycles. The van der Waals surface area contributed by atoms with Gasteiger partial charge in [-0.15, -0.1) is 0 Å². The first-order valence-electron chi connectivity index (χ1n) is 19.9. The first kappa shape index (κ1) is 40.9. The number of ether oxygens (including phenoxy) is 2. The third kappa shape index (κ3) is 10.3. The lowest BCUT2D eigenvalue weighted by atomic mass is 9.67. The van der Waals surface area contributed by atoms with Gasteiger partial charge in [0.2, 0.25) is 0 Å². The van der Waals surface area contributed by atoms with Gasteiger partial charge in [0.1, 0.15) is 16.7 Å². The van der Waals surface area contributed by atoms with Crippen LogP contribution in [0.2, 0.25) is 0 Å². The van der Waals surface area contributed by atoms with Crippen LogP contribution >= 0.6 is 0 Å². The zero-order valence-corrected chi connectivity index (χ0v) is 33.5. The Kier molecular flexibility index (Phi) is 13.5. The number of hydrogen-bond acceptors (Lipinski definition) is 8. The summed E-state index contributed by atoms with van der Waals surface area (Å²) in [6.07, 6.45) is 9.25. The van der Waals surface area contributed by atoms with E-state index in [1.165, 1.54) is 11.1 Å². The number of rotatable bonds is 6. The molecule has 7 rings (SSSR count). The number of benzene rings is 2. The van der Waals surface area contributed by atoms with E-state index in [1.54, 1.807) is 20.8 Å². The number of carbonyl (C=O) groups is 1. The molecule has 2 fully saturated rings. The molecule has 2 radical (unpaired) electrons. The van der Waals surface area contributed by atoms with Crippen molar-refractivity contribution in [3.8, 4) is 0 Å². The standard InChI is InChI=1S/C38H45BN2O4.C4H10O2.C2H6/c1-22-19-26(21-29(22)35-36-34(40-37(39)41-35)28-11-7-8-12-30(28)44-36)43-31-18-17-24-9-5-6-10-27(24)33(31)25-15-13-23(14-16-25)20-32(42)45-38(2,3)4;1-4(2,3)6-5;1-2/h5-12,22-23,25-26,29,31,33H,13-21H2,1-4H3;5H,1-3H3;1-2H3/t22-,23?,25?,26+,29?,31?,33?;;/m1../s1. The van der Waals surface area contributed by atoms with Crippen molar-refractivity contribution < 1.29 is 28.8 Å². The molecule has 3 unspecified atom stereocenters. The zero-order chi connectivity index (χ0) is 38.5. The molecule has 5 atom stereocenters. The number of para-hydroxylation sites is 1. The highest BCUT2D eigenvalue weighted by Crippen LogP contribution is 2.49. The van der Waals surface area contributed by atoms with E-state index >= 15 is 0 Å². The van der Waals surface area contributed by atoms with Crippen LogP contribution in [0.25, 0.3) is 22.1 Å². The largest absolute Gasteiger partial charge is 0.460 e. The fourth-order valence-corrected chi connectivity index (χ4v) is 8.66. The summed E-state index contributed by atoms with van der Waals surface area (Å²) < 4.78 is 19.1. The topological polar surface area (TPSA) is 104 Å². The van der Waals surface area contributed by atoms with Crippen LogP contribution in [0.1, 0.15) is 142 Å². The molecule has 3 aliphatic rings. The van der Waals surface area contributed by atoms with Crippen molar-refractivity contribution in [3.05, 3.63) is 65.4 Å². The van der Waals surface area contributed by atoms with Crippen molar-refractivity contribution in [3.63, 3.8) is 0 Å². The fraction of sp³-hybridized carbons (Fsp3) is 0.614. The number of aryl methyl sites for hydroxylation is 1. The molecule has 0 bridgehead atoms. The Morgan fingerprint density at radius 1 is 0.906 bits per heavy atom. The van der Waals surface area contributed by atoms with Crippen molar-refractivity contribution in [1.82, 2.24) is 9.97 Å². The number of aromatic nitrogens is 2. The molecular formula is C44H61BN2O6. The summed E-state index contributed by atoms with van der Waals surface area (Å²) in [4.78, 5) is 25.8. The van der Waals surface area contributed by atoms with E-state index in [0.717, 1.165) is 79.1 Å². The Hall–Kier alpha value is -3.27. The lowest BCUT2D eigenvalue weighted by Gasteiger charge is -2.42. The zero-order valence-electron chi connectivity index (χ0n) is 33.5. The summed E-state index contributed by atoms with van der Waals surface area (Å²) in [5, 5.41) is 8.88. The van der Waals surface area contributed by atoms with Crippen LogP contribution in [0.3, 0.4) is 0 Å². The highest BCUT2D eigenvalue weighted by molar-refractivity contribution is 6.29. The summed E-state index contributed by atoms with van der Waals surface area (Å²) in [7, 11) is 6.26. The molecule has 8 nitrogen and oxygen atoms in total. The van der Waals surface area contributed by atoms with Crippen molar-refractivity contribution in [2.45, 2.75) is 155 Å². The van der Waals surface area contributed by atoms with Gasteiger partial charge in [-0.2, -0.15) is 0 Å². The van der Waals surface area contributed by atoms with E-state index in [4.69, 9.17) is 32.0 Å². The maximum absolute atomic E-state index is 12.5. The second-order valence-electron chi connectivity index (χ2n) is 17.1. The molecule has 2 aromatic carbocycles. The van der Waals surface area contributed by atoms with E-state index in [0.29, 0.717) is 35.8 Å². The average molecular weight is 725 g/mol. The molecule has 3 aliphatic carbocycles. The Labute approximate surface area is 318 Å². The van der Waals surface area contributed by atoms with Crippen LogP contribution in [0.15, 0.2) is 52.9 Å². The monoisotopic (exact) mass is 724 g/mol. The quantitative estimate of drug-likeness (QED) is 0.0907. The van der Waals surface area contributed by atoms with Gasteiger partial charge in [-0.3, -0.25) is 10.1 Å².